The molecule has 18 heavy (non-hydrogen) atoms. The molecule has 0 aromatic carbocycles. The van der Waals surface area contributed by atoms with Gasteiger partial charge < -0.3 is 10.0 Å². The van der Waals surface area contributed by atoms with Gasteiger partial charge in [-0.1, -0.05) is 0 Å². The molecule has 0 spiro atoms. The molecule has 0 radical (unpaired) electrons. The summed E-state index contributed by atoms with van der Waals surface area (Å²) < 4.78 is 25.0. The lowest BCUT2D eigenvalue weighted by atomic mass is 10.3. The summed E-state index contributed by atoms with van der Waals surface area (Å²) in [5, 5.41) is 8.48. The Morgan fingerprint density at radius 1 is 1.33 bits per heavy atom. The molecule has 0 bridgehead atoms. The van der Waals surface area contributed by atoms with E-state index in [0.717, 1.165) is 19.6 Å². The number of carbonyl (C=O) groups is 1. The Kier molecular flexibility index (Phi) is 6.04. The summed E-state index contributed by atoms with van der Waals surface area (Å²) in [5.74, 6) is -1.04. The van der Waals surface area contributed by atoms with E-state index in [9.17, 15) is 13.2 Å². The van der Waals surface area contributed by atoms with Crippen molar-refractivity contribution in [1.29, 1.82) is 0 Å². The van der Waals surface area contributed by atoms with Crippen LogP contribution in [-0.4, -0.2) is 67.7 Å². The highest BCUT2D eigenvalue weighted by molar-refractivity contribution is 7.89. The predicted molar refractivity (Wildman–Crippen MR) is 69.0 cm³/mol. The van der Waals surface area contributed by atoms with Crippen molar-refractivity contribution in [3.8, 4) is 0 Å². The maximum Gasteiger partial charge on any atom is 0.303 e. The van der Waals surface area contributed by atoms with Gasteiger partial charge in [-0.25, -0.2) is 12.7 Å². The molecule has 1 saturated heterocycles. The first-order chi connectivity index (χ1) is 8.42. The highest BCUT2D eigenvalue weighted by Crippen LogP contribution is 2.08. The lowest BCUT2D eigenvalue weighted by Crippen LogP contribution is -2.36. The third kappa shape index (κ3) is 5.32. The van der Waals surface area contributed by atoms with Crippen LogP contribution in [0, 0.1) is 0 Å². The molecule has 0 unspecified atom stereocenters. The van der Waals surface area contributed by atoms with Crippen LogP contribution in [0.25, 0.3) is 0 Å². The van der Waals surface area contributed by atoms with E-state index < -0.39 is 16.0 Å². The van der Waals surface area contributed by atoms with Crippen LogP contribution in [0.15, 0.2) is 0 Å². The van der Waals surface area contributed by atoms with Crippen molar-refractivity contribution >= 4 is 16.0 Å². The van der Waals surface area contributed by atoms with Crippen LogP contribution >= 0.6 is 0 Å². The molecule has 106 valence electrons. The molecule has 0 aromatic heterocycles. The van der Waals surface area contributed by atoms with Gasteiger partial charge in [0.15, 0.2) is 0 Å². The van der Waals surface area contributed by atoms with Crippen molar-refractivity contribution in [2.75, 3.05) is 39.0 Å². The summed E-state index contributed by atoms with van der Waals surface area (Å²) in [6, 6.07) is 0. The molecule has 1 aliphatic heterocycles. The maximum absolute atomic E-state index is 11.8. The molecule has 6 nitrogen and oxygen atoms in total. The van der Waals surface area contributed by atoms with Gasteiger partial charge in [0, 0.05) is 26.6 Å². The first kappa shape index (κ1) is 15.4. The molecule has 1 aliphatic rings. The normalized spacial score (nSPS) is 17.4. The van der Waals surface area contributed by atoms with Gasteiger partial charge in [-0.2, -0.15) is 0 Å². The summed E-state index contributed by atoms with van der Waals surface area (Å²) >= 11 is 0. The number of carboxylic acid groups (broad SMARTS) is 1. The van der Waals surface area contributed by atoms with E-state index in [1.165, 1.54) is 17.1 Å². The summed E-state index contributed by atoms with van der Waals surface area (Å²) in [6.07, 6.45) is 2.45. The van der Waals surface area contributed by atoms with Gasteiger partial charge >= 0.3 is 5.97 Å². The predicted octanol–water partition coefficient (Wildman–Crippen LogP) is 0.209. The Bertz CT molecular complexity index is 363. The Balaban J connectivity index is 2.29. The monoisotopic (exact) mass is 278 g/mol. The first-order valence-electron chi connectivity index (χ1n) is 6.30. The van der Waals surface area contributed by atoms with Gasteiger partial charge in [0.2, 0.25) is 10.0 Å². The van der Waals surface area contributed by atoms with Gasteiger partial charge in [0.25, 0.3) is 0 Å². The van der Waals surface area contributed by atoms with E-state index in [4.69, 9.17) is 5.11 Å². The maximum atomic E-state index is 11.8. The van der Waals surface area contributed by atoms with Crippen molar-refractivity contribution in [3.63, 3.8) is 0 Å². The van der Waals surface area contributed by atoms with Crippen molar-refractivity contribution < 1.29 is 18.3 Å². The van der Waals surface area contributed by atoms with Crippen LogP contribution in [0.3, 0.4) is 0 Å². The molecule has 0 amide bonds. The number of nitrogens with zero attached hydrogens (tertiary/aromatic N) is 2. The number of hydrogen-bond donors (Lipinski definition) is 1. The number of hydrogen-bond acceptors (Lipinski definition) is 4. The van der Waals surface area contributed by atoms with Crippen molar-refractivity contribution in [2.45, 2.75) is 25.7 Å². The number of sulfonamides is 1. The SMILES string of the molecule is CN(CCN1CCCC1)S(=O)(=O)CCCC(=O)O. The lowest BCUT2D eigenvalue weighted by Gasteiger charge is -2.21. The summed E-state index contributed by atoms with van der Waals surface area (Å²) in [7, 11) is -1.74. The molecule has 0 atom stereocenters. The molecule has 0 saturated carbocycles. The number of aliphatic carboxylic acids is 1. The van der Waals surface area contributed by atoms with Crippen LogP contribution in [0.2, 0.25) is 0 Å². The van der Waals surface area contributed by atoms with E-state index in [0.29, 0.717) is 6.54 Å². The lowest BCUT2D eigenvalue weighted by molar-refractivity contribution is -0.137. The zero-order chi connectivity index (χ0) is 13.6. The number of carboxylic acids is 1. The minimum atomic E-state index is -3.30. The standard InChI is InChI=1S/C11H22N2O4S/c1-12(8-9-13-6-2-3-7-13)18(16,17)10-4-5-11(14)15/h2-10H2,1H3,(H,14,15). The van der Waals surface area contributed by atoms with Gasteiger partial charge in [0.05, 0.1) is 5.75 Å². The van der Waals surface area contributed by atoms with Crippen LogP contribution in [-0.2, 0) is 14.8 Å². The van der Waals surface area contributed by atoms with E-state index in [1.54, 1.807) is 7.05 Å². The number of rotatable bonds is 8. The van der Waals surface area contributed by atoms with E-state index in [-0.39, 0.29) is 18.6 Å². The molecule has 7 heteroatoms. The van der Waals surface area contributed by atoms with E-state index >= 15 is 0 Å². The second kappa shape index (κ2) is 7.06. The average Bonchev–Trinajstić information content (AvgIpc) is 2.77. The van der Waals surface area contributed by atoms with Crippen molar-refractivity contribution in [3.05, 3.63) is 0 Å². The zero-order valence-electron chi connectivity index (χ0n) is 10.8. The summed E-state index contributed by atoms with van der Waals surface area (Å²) in [6.45, 7) is 3.34. The van der Waals surface area contributed by atoms with Crippen molar-refractivity contribution in [1.82, 2.24) is 9.21 Å². The fourth-order valence-electron chi connectivity index (χ4n) is 1.99. The molecule has 1 heterocycles. The van der Waals surface area contributed by atoms with Crippen LogP contribution in [0.1, 0.15) is 25.7 Å². The minimum Gasteiger partial charge on any atom is -0.481 e. The third-order valence-corrected chi connectivity index (χ3v) is 5.13. The highest BCUT2D eigenvalue weighted by Gasteiger charge is 2.19. The fraction of sp³-hybridized carbons (Fsp3) is 0.909. The summed E-state index contributed by atoms with van der Waals surface area (Å²) in [4.78, 5) is 12.6. The highest BCUT2D eigenvalue weighted by atomic mass is 32.2. The molecule has 1 fully saturated rings. The molecule has 1 N–H and O–H groups in total. The van der Waals surface area contributed by atoms with Crippen molar-refractivity contribution in [2.24, 2.45) is 0 Å². The van der Waals surface area contributed by atoms with Crippen LogP contribution in [0.5, 0.6) is 0 Å². The Morgan fingerprint density at radius 3 is 2.50 bits per heavy atom. The third-order valence-electron chi connectivity index (χ3n) is 3.20. The molecule has 1 rings (SSSR count). The molecule has 0 aliphatic carbocycles. The average molecular weight is 278 g/mol. The fourth-order valence-corrected chi connectivity index (χ4v) is 3.17. The van der Waals surface area contributed by atoms with Gasteiger partial charge in [-0.3, -0.25) is 4.79 Å². The van der Waals surface area contributed by atoms with Gasteiger partial charge in [0.1, 0.15) is 0 Å². The topological polar surface area (TPSA) is 77.9 Å². The minimum absolute atomic E-state index is 0.0875. The quantitative estimate of drug-likeness (QED) is 0.686. The second-order valence-corrected chi connectivity index (χ2v) is 6.88. The molecular weight excluding hydrogens is 256 g/mol. The van der Waals surface area contributed by atoms with E-state index in [2.05, 4.69) is 4.90 Å². The second-order valence-electron chi connectivity index (χ2n) is 4.68. The Labute approximate surface area is 109 Å². The number of likely N-dealkylation sites (tertiary alicyclic amines) is 1. The molecular formula is C11H22N2O4S. The van der Waals surface area contributed by atoms with Gasteiger partial charge in [-0.05, 0) is 32.4 Å². The smallest absolute Gasteiger partial charge is 0.303 e. The number of likely N-dealkylation sites (N-methyl/N-ethyl adjacent to an activating group) is 1. The Morgan fingerprint density at radius 2 is 1.94 bits per heavy atom. The molecule has 0 aromatic rings. The largest absolute Gasteiger partial charge is 0.481 e. The summed E-state index contributed by atoms with van der Waals surface area (Å²) in [5.41, 5.74) is 0. The van der Waals surface area contributed by atoms with Gasteiger partial charge in [-0.15, -0.1) is 0 Å². The van der Waals surface area contributed by atoms with Crippen LogP contribution < -0.4 is 0 Å². The Hall–Kier alpha value is -0.660. The van der Waals surface area contributed by atoms with E-state index in [1.807, 2.05) is 0 Å². The zero-order valence-corrected chi connectivity index (χ0v) is 11.7. The first-order valence-corrected chi connectivity index (χ1v) is 7.91. The van der Waals surface area contributed by atoms with Crippen LogP contribution in [0.4, 0.5) is 0 Å².